The summed E-state index contributed by atoms with van der Waals surface area (Å²) in [4.78, 5) is 25.4. The number of quaternary nitrogens is 1. The molecular formula is C67H111N2O6P. The first-order valence-corrected chi connectivity index (χ1v) is 31.3. The smallest absolute Gasteiger partial charge is 0.268 e. The Kier molecular flexibility index (Phi) is 53.0. The molecule has 430 valence electrons. The average molecular weight is 1070 g/mol. The lowest BCUT2D eigenvalue weighted by atomic mass is 10.0. The summed E-state index contributed by atoms with van der Waals surface area (Å²) in [5.74, 6) is -0.224. The topological polar surface area (TPSA) is 108 Å². The molecule has 0 radical (unpaired) electrons. The molecule has 0 aromatic heterocycles. The highest BCUT2D eigenvalue weighted by Crippen LogP contribution is 2.38. The zero-order chi connectivity index (χ0) is 55.6. The fraction of sp³-hybridized carbons (Fsp3) is 0.597. The van der Waals surface area contributed by atoms with Gasteiger partial charge in [-0.15, -0.1) is 0 Å². The number of aliphatic hydroxyl groups is 1. The van der Waals surface area contributed by atoms with E-state index in [-0.39, 0.29) is 12.5 Å². The Morgan fingerprint density at radius 1 is 0.474 bits per heavy atom. The molecule has 9 heteroatoms. The molecule has 0 aliphatic carbocycles. The van der Waals surface area contributed by atoms with Crippen LogP contribution in [0.1, 0.15) is 206 Å². The maximum absolute atomic E-state index is 12.9. The summed E-state index contributed by atoms with van der Waals surface area (Å²) in [7, 11) is 1.21. The minimum atomic E-state index is -4.62. The molecule has 0 rings (SSSR count). The number of phosphoric ester groups is 1. The predicted molar refractivity (Wildman–Crippen MR) is 329 cm³/mol. The van der Waals surface area contributed by atoms with Crippen LogP contribution >= 0.6 is 7.82 Å². The third-order valence-electron chi connectivity index (χ3n) is 12.2. The van der Waals surface area contributed by atoms with Crippen molar-refractivity contribution in [2.75, 3.05) is 40.9 Å². The Bertz CT molecular complexity index is 1790. The van der Waals surface area contributed by atoms with E-state index in [2.05, 4.69) is 165 Å². The van der Waals surface area contributed by atoms with Gasteiger partial charge in [0.1, 0.15) is 13.2 Å². The van der Waals surface area contributed by atoms with Crippen molar-refractivity contribution < 1.29 is 32.9 Å². The molecule has 76 heavy (non-hydrogen) atoms. The number of carbonyl (C=O) groups is 1. The van der Waals surface area contributed by atoms with Gasteiger partial charge in [0.2, 0.25) is 5.91 Å². The number of allylic oxidation sites excluding steroid dienone is 25. The lowest BCUT2D eigenvalue weighted by Gasteiger charge is -2.29. The van der Waals surface area contributed by atoms with Crippen LogP contribution in [0.15, 0.2) is 158 Å². The minimum Gasteiger partial charge on any atom is -0.756 e. The number of phosphoric acid groups is 1. The Balaban J connectivity index is 4.11. The molecule has 0 aliphatic heterocycles. The summed E-state index contributed by atoms with van der Waals surface area (Å²) in [5, 5.41) is 13.8. The van der Waals surface area contributed by atoms with Gasteiger partial charge in [-0.05, 0) is 122 Å². The van der Waals surface area contributed by atoms with E-state index in [0.717, 1.165) is 128 Å². The Labute approximate surface area is 467 Å². The van der Waals surface area contributed by atoms with Crippen LogP contribution < -0.4 is 10.2 Å². The second-order valence-electron chi connectivity index (χ2n) is 20.6. The van der Waals surface area contributed by atoms with Gasteiger partial charge in [0.15, 0.2) is 0 Å². The number of likely N-dealkylation sites (N-methyl/N-ethyl adjacent to an activating group) is 1. The number of carbonyl (C=O) groups excluding carboxylic acids is 1. The van der Waals surface area contributed by atoms with E-state index in [1.54, 1.807) is 6.08 Å². The van der Waals surface area contributed by atoms with Gasteiger partial charge in [-0.3, -0.25) is 9.36 Å². The predicted octanol–water partition coefficient (Wildman–Crippen LogP) is 18.0. The summed E-state index contributed by atoms with van der Waals surface area (Å²) >= 11 is 0. The Hall–Kier alpha value is -3.88. The summed E-state index contributed by atoms with van der Waals surface area (Å²) in [6.45, 7) is 4.44. The Morgan fingerprint density at radius 3 is 1.22 bits per heavy atom. The number of hydrogen-bond acceptors (Lipinski definition) is 6. The van der Waals surface area contributed by atoms with Crippen LogP contribution in [0.3, 0.4) is 0 Å². The zero-order valence-electron chi connectivity index (χ0n) is 48.9. The fourth-order valence-corrected chi connectivity index (χ4v) is 8.29. The van der Waals surface area contributed by atoms with Crippen LogP contribution in [-0.2, 0) is 18.4 Å². The van der Waals surface area contributed by atoms with Gasteiger partial charge in [-0.25, -0.2) is 0 Å². The number of unbranched alkanes of at least 4 members (excludes halogenated alkanes) is 15. The van der Waals surface area contributed by atoms with Crippen molar-refractivity contribution in [3.05, 3.63) is 158 Å². The lowest BCUT2D eigenvalue weighted by molar-refractivity contribution is -0.870. The monoisotopic (exact) mass is 1070 g/mol. The molecule has 1 amide bonds. The SMILES string of the molecule is CC/C=C\C/C=C\C/C=C\C/C=C\C/C=C\C/C=C\C/C=C\C/C=C\C/C=C\C/C=C\CCCCCCCCCCCCC(=O)NC(COP(=O)([O-])OCC[N+](C)(C)C)C(O)/C=C/CC/C=C/CC/C=C/CCCCC. The molecule has 3 atom stereocenters. The van der Waals surface area contributed by atoms with Crippen LogP contribution in [0.4, 0.5) is 0 Å². The largest absolute Gasteiger partial charge is 0.756 e. The van der Waals surface area contributed by atoms with E-state index in [4.69, 9.17) is 9.05 Å². The maximum atomic E-state index is 12.9. The standard InChI is InChI=1S/C67H111N2O6P/c1-6-8-10-12-14-16-18-20-21-22-23-24-25-26-27-28-29-30-31-32-33-34-35-36-37-38-39-40-41-42-43-44-45-46-47-49-51-53-55-57-59-61-67(71)68-65(64-75-76(72,73)74-63-62-69(3,4)5)66(70)60-58-56-54-52-50-48-19-17-15-13-11-9-7-2/h8,10,14-17,20-21,23-24,26-27,29-30,32-33,35-36,38-39,41-42,50,52,58,60,65-66,70H,6-7,9,11-13,18-19,22,25,28,31,34,37,40,43-49,51,53-57,59,61-64H2,1-5H3,(H-,68,71,72,73)/b10-8-,16-14-,17-15+,21-20-,24-23-,27-26-,30-29-,33-32-,36-35-,39-38-,42-41-,52-50+,60-58+. The molecule has 0 fully saturated rings. The fourth-order valence-electron chi connectivity index (χ4n) is 7.56. The first-order chi connectivity index (χ1) is 37.0. The van der Waals surface area contributed by atoms with Crippen molar-refractivity contribution in [1.29, 1.82) is 0 Å². The summed E-state index contributed by atoms with van der Waals surface area (Å²) in [5.41, 5.74) is 0. The second-order valence-corrected chi connectivity index (χ2v) is 22.0. The van der Waals surface area contributed by atoms with E-state index >= 15 is 0 Å². The van der Waals surface area contributed by atoms with E-state index in [1.165, 1.54) is 57.8 Å². The number of nitrogens with zero attached hydrogens (tertiary/aromatic N) is 1. The molecule has 2 N–H and O–H groups in total. The van der Waals surface area contributed by atoms with Crippen molar-refractivity contribution in [2.45, 2.75) is 219 Å². The highest BCUT2D eigenvalue weighted by molar-refractivity contribution is 7.45. The summed E-state index contributed by atoms with van der Waals surface area (Å²) in [6.07, 6.45) is 87.6. The molecule has 0 aliphatic rings. The van der Waals surface area contributed by atoms with Gasteiger partial charge in [0.05, 0.1) is 39.9 Å². The van der Waals surface area contributed by atoms with Crippen LogP contribution in [0.5, 0.6) is 0 Å². The third-order valence-corrected chi connectivity index (χ3v) is 13.2. The number of amides is 1. The van der Waals surface area contributed by atoms with E-state index in [0.29, 0.717) is 17.4 Å². The van der Waals surface area contributed by atoms with Crippen molar-refractivity contribution in [3.63, 3.8) is 0 Å². The maximum Gasteiger partial charge on any atom is 0.268 e. The zero-order valence-corrected chi connectivity index (χ0v) is 49.8. The van der Waals surface area contributed by atoms with E-state index in [9.17, 15) is 19.4 Å². The van der Waals surface area contributed by atoms with Crippen molar-refractivity contribution >= 4 is 13.7 Å². The number of hydrogen-bond donors (Lipinski definition) is 2. The normalized spacial score (nSPS) is 15.0. The molecule has 0 spiro atoms. The van der Waals surface area contributed by atoms with Crippen LogP contribution in [0.2, 0.25) is 0 Å². The number of rotatable bonds is 52. The van der Waals surface area contributed by atoms with Gasteiger partial charge in [-0.1, -0.05) is 236 Å². The minimum absolute atomic E-state index is 0.0176. The Morgan fingerprint density at radius 2 is 0.816 bits per heavy atom. The molecular weight excluding hydrogens is 960 g/mol. The van der Waals surface area contributed by atoms with Gasteiger partial charge in [0, 0.05) is 6.42 Å². The number of nitrogens with one attached hydrogen (secondary N) is 1. The first kappa shape index (κ1) is 72.1. The second kappa shape index (κ2) is 55.9. The van der Waals surface area contributed by atoms with Crippen molar-refractivity contribution in [2.24, 2.45) is 0 Å². The quantitative estimate of drug-likeness (QED) is 0.0272. The summed E-state index contributed by atoms with van der Waals surface area (Å²) in [6, 6.07) is -0.922. The van der Waals surface area contributed by atoms with Crippen LogP contribution in [0, 0.1) is 0 Å². The van der Waals surface area contributed by atoms with Gasteiger partial charge in [-0.2, -0.15) is 0 Å². The number of aliphatic hydroxyl groups excluding tert-OH is 1. The summed E-state index contributed by atoms with van der Waals surface area (Å²) < 4.78 is 23.3. The van der Waals surface area contributed by atoms with Crippen molar-refractivity contribution in [1.82, 2.24) is 5.32 Å². The van der Waals surface area contributed by atoms with Gasteiger partial charge >= 0.3 is 0 Å². The molecule has 3 unspecified atom stereocenters. The molecule has 0 heterocycles. The molecule has 0 aromatic rings. The molecule has 0 bridgehead atoms. The first-order valence-electron chi connectivity index (χ1n) is 29.8. The lowest BCUT2D eigenvalue weighted by Crippen LogP contribution is -2.45. The van der Waals surface area contributed by atoms with Crippen LogP contribution in [-0.4, -0.2) is 68.5 Å². The average Bonchev–Trinajstić information content (AvgIpc) is 3.38. The molecule has 8 nitrogen and oxygen atoms in total. The molecule has 0 saturated heterocycles. The highest BCUT2D eigenvalue weighted by atomic mass is 31.2. The van der Waals surface area contributed by atoms with E-state index in [1.807, 2.05) is 27.2 Å². The van der Waals surface area contributed by atoms with Crippen LogP contribution in [0.25, 0.3) is 0 Å². The highest BCUT2D eigenvalue weighted by Gasteiger charge is 2.23. The molecule has 0 aromatic carbocycles. The van der Waals surface area contributed by atoms with Gasteiger partial charge < -0.3 is 28.8 Å². The van der Waals surface area contributed by atoms with Gasteiger partial charge in [0.25, 0.3) is 7.82 Å². The van der Waals surface area contributed by atoms with E-state index < -0.39 is 26.6 Å². The third kappa shape index (κ3) is 57.8. The van der Waals surface area contributed by atoms with Crippen molar-refractivity contribution in [3.8, 4) is 0 Å². The molecule has 0 saturated carbocycles.